The van der Waals surface area contributed by atoms with E-state index in [9.17, 15) is 0 Å². The summed E-state index contributed by atoms with van der Waals surface area (Å²) in [5.41, 5.74) is 0. The maximum absolute atomic E-state index is 9.16. The lowest BCUT2D eigenvalue weighted by atomic mass is 10.4. The topological polar surface area (TPSA) is 50.3 Å². The first kappa shape index (κ1) is 12.4. The Morgan fingerprint density at radius 1 is 1.46 bits per heavy atom. The van der Waals surface area contributed by atoms with Crippen molar-refractivity contribution < 1.29 is 22.6 Å². The summed E-state index contributed by atoms with van der Waals surface area (Å²) in [6.07, 6.45) is 3.13. The van der Waals surface area contributed by atoms with Crippen molar-refractivity contribution in [2.75, 3.05) is 6.61 Å². The molecule has 0 amide bonds. The van der Waals surface area contributed by atoms with Gasteiger partial charge in [0.05, 0.1) is 19.3 Å². The van der Waals surface area contributed by atoms with Crippen molar-refractivity contribution in [2.24, 2.45) is 7.05 Å². The third-order valence-corrected chi connectivity index (χ3v) is 2.01. The van der Waals surface area contributed by atoms with E-state index in [1.807, 2.05) is 35.5 Å². The minimum atomic E-state index is -0.670. The first-order chi connectivity index (χ1) is 5.65. The van der Waals surface area contributed by atoms with Gasteiger partial charge in [-0.05, 0) is 0 Å². The molecule has 1 atom stereocenters. The van der Waals surface area contributed by atoms with Gasteiger partial charge in [0.15, 0.2) is 18.2 Å². The molecule has 5 heteroatoms. The zero-order valence-corrected chi connectivity index (χ0v) is 8.57. The second-order valence-corrected chi connectivity index (χ2v) is 2.95. The molecule has 1 heterocycles. The summed E-state index contributed by atoms with van der Waals surface area (Å²) >= 11 is 0. The first-order valence-corrected chi connectivity index (χ1v) is 3.95. The molecule has 0 aliphatic carbocycles. The number of imidazole rings is 1. The van der Waals surface area contributed by atoms with Crippen molar-refractivity contribution in [3.8, 4) is 0 Å². The number of aliphatic hydroxyl groups is 2. The number of nitrogens with zero attached hydrogens (tertiary/aromatic N) is 2. The van der Waals surface area contributed by atoms with Gasteiger partial charge in [-0.2, -0.15) is 0 Å². The summed E-state index contributed by atoms with van der Waals surface area (Å²) in [5.74, 6) is 1.06. The van der Waals surface area contributed by atoms with Crippen molar-refractivity contribution in [3.63, 3.8) is 0 Å². The fourth-order valence-corrected chi connectivity index (χ4v) is 1.08. The molecule has 0 bridgehead atoms. The average Bonchev–Trinajstić information content (AvgIpc) is 2.36. The van der Waals surface area contributed by atoms with Crippen LogP contribution < -0.4 is 12.4 Å². The van der Waals surface area contributed by atoms with Crippen LogP contribution in [0.25, 0.3) is 0 Å². The van der Waals surface area contributed by atoms with E-state index in [-0.39, 0.29) is 19.0 Å². The number of hydrogen-bond acceptors (Lipinski definition) is 2. The van der Waals surface area contributed by atoms with Crippen LogP contribution in [-0.4, -0.2) is 32.1 Å². The largest absolute Gasteiger partial charge is 1.00 e. The van der Waals surface area contributed by atoms with Crippen LogP contribution in [0.3, 0.4) is 0 Å². The van der Waals surface area contributed by atoms with Crippen molar-refractivity contribution in [1.29, 1.82) is 0 Å². The molecule has 0 saturated heterocycles. The summed E-state index contributed by atoms with van der Waals surface area (Å²) in [6.45, 7) is 2.22. The number of rotatable bonds is 3. The highest BCUT2D eigenvalue weighted by Gasteiger charge is 2.11. The van der Waals surface area contributed by atoms with Crippen molar-refractivity contribution in [1.82, 2.24) is 9.13 Å². The van der Waals surface area contributed by atoms with Crippen LogP contribution in [0.1, 0.15) is 5.82 Å². The molecule has 76 valence electrons. The Morgan fingerprint density at radius 2 is 2.08 bits per heavy atom. The number of aliphatic hydroxyl groups excluding tert-OH is 2. The van der Waals surface area contributed by atoms with Crippen molar-refractivity contribution in [2.45, 2.75) is 19.6 Å². The van der Waals surface area contributed by atoms with Crippen LogP contribution in [0, 0.1) is 6.92 Å². The van der Waals surface area contributed by atoms with Gasteiger partial charge < -0.3 is 22.6 Å². The maximum atomic E-state index is 9.16. The van der Waals surface area contributed by atoms with Crippen LogP contribution in [0.5, 0.6) is 0 Å². The Balaban J connectivity index is 0.00000144. The van der Waals surface area contributed by atoms with Gasteiger partial charge in [-0.1, -0.05) is 0 Å². The van der Waals surface area contributed by atoms with Crippen LogP contribution in [0.2, 0.25) is 0 Å². The molecule has 0 saturated carbocycles. The third-order valence-electron chi connectivity index (χ3n) is 2.01. The van der Waals surface area contributed by atoms with Gasteiger partial charge >= 0.3 is 0 Å². The number of hydrogen-bond donors (Lipinski definition) is 2. The predicted molar refractivity (Wildman–Crippen MR) is 45.6 cm³/mol. The fourth-order valence-electron chi connectivity index (χ4n) is 1.08. The summed E-state index contributed by atoms with van der Waals surface area (Å²) in [4.78, 5) is 0. The van der Waals surface area contributed by atoms with Gasteiger partial charge in [-0.15, -0.1) is 0 Å². The highest BCUT2D eigenvalue weighted by Crippen LogP contribution is 2.00. The molecular weight excluding hydrogens is 192 g/mol. The van der Waals surface area contributed by atoms with Gasteiger partial charge in [0.1, 0.15) is 0 Å². The second kappa shape index (κ2) is 5.21. The molecule has 0 aromatic carbocycles. The lowest BCUT2D eigenvalue weighted by Crippen LogP contribution is -3.00. The Morgan fingerprint density at radius 3 is 2.46 bits per heavy atom. The van der Waals surface area contributed by atoms with Gasteiger partial charge in [0.2, 0.25) is 0 Å². The van der Waals surface area contributed by atoms with E-state index >= 15 is 0 Å². The fraction of sp³-hybridized carbons (Fsp3) is 0.625. The number of aromatic nitrogens is 2. The molecule has 0 aliphatic heterocycles. The highest BCUT2D eigenvalue weighted by atomic mass is 35.5. The van der Waals surface area contributed by atoms with Crippen LogP contribution in [-0.2, 0) is 13.6 Å². The molecule has 0 fully saturated rings. The zero-order chi connectivity index (χ0) is 9.14. The normalized spacial score (nSPS) is 12.3. The highest BCUT2D eigenvalue weighted by molar-refractivity contribution is 4.92. The minimum absolute atomic E-state index is 0. The molecule has 1 unspecified atom stereocenters. The zero-order valence-electron chi connectivity index (χ0n) is 7.81. The summed E-state index contributed by atoms with van der Waals surface area (Å²) in [7, 11) is 1.94. The van der Waals surface area contributed by atoms with E-state index in [1.165, 1.54) is 0 Å². The Labute approximate surface area is 83.8 Å². The second-order valence-electron chi connectivity index (χ2n) is 2.95. The average molecular weight is 207 g/mol. The van der Waals surface area contributed by atoms with Crippen LogP contribution in [0.15, 0.2) is 12.4 Å². The minimum Gasteiger partial charge on any atom is -1.00 e. The summed E-state index contributed by atoms with van der Waals surface area (Å²) in [6, 6.07) is 0. The molecule has 2 N–H and O–H groups in total. The molecule has 13 heavy (non-hydrogen) atoms. The molecule has 1 rings (SSSR count). The quantitative estimate of drug-likeness (QED) is 0.512. The van der Waals surface area contributed by atoms with Gasteiger partial charge in [0.25, 0.3) is 0 Å². The smallest absolute Gasteiger partial charge is 0.185 e. The Bertz CT molecular complexity index is 263. The SMILES string of the molecule is C[c+]1n(C)ccn1CC(O)CO.[Cl-]. The standard InChI is InChI=1S/C8H15N2O2.ClH/c1-7-9(2)3-4-10(7)5-8(12)6-11;/h3-4,8,11-12H,5-6H2,1-2H3;1H/q+1;/p-1. The van der Waals surface area contributed by atoms with E-state index in [0.29, 0.717) is 6.54 Å². The number of aryl methyl sites for hydroxylation is 1. The van der Waals surface area contributed by atoms with E-state index in [1.54, 1.807) is 0 Å². The van der Waals surface area contributed by atoms with E-state index in [4.69, 9.17) is 10.2 Å². The number of halogens is 1. The Hall–Kier alpha value is -0.580. The third kappa shape index (κ3) is 2.99. The van der Waals surface area contributed by atoms with Gasteiger partial charge in [0, 0.05) is 14.0 Å². The molecule has 4 nitrogen and oxygen atoms in total. The predicted octanol–water partition coefficient (Wildman–Crippen LogP) is -3.23. The molecule has 1 aromatic heterocycles. The Kier molecular flexibility index (Phi) is 4.98. The summed E-state index contributed by atoms with van der Waals surface area (Å²) in [5, 5.41) is 17.8. The lowest BCUT2D eigenvalue weighted by Gasteiger charge is -2.05. The van der Waals surface area contributed by atoms with E-state index in [0.717, 1.165) is 5.82 Å². The summed E-state index contributed by atoms with van der Waals surface area (Å²) < 4.78 is 3.87. The van der Waals surface area contributed by atoms with Crippen molar-refractivity contribution in [3.05, 3.63) is 18.2 Å². The molecule has 1 aromatic rings. The maximum Gasteiger partial charge on any atom is 0.185 e. The van der Waals surface area contributed by atoms with Crippen LogP contribution >= 0.6 is 0 Å². The van der Waals surface area contributed by atoms with E-state index in [2.05, 4.69) is 0 Å². The molecule has 0 radical (unpaired) electrons. The lowest BCUT2D eigenvalue weighted by molar-refractivity contribution is -0.00000480. The van der Waals surface area contributed by atoms with Gasteiger partial charge in [-0.25, -0.2) is 9.13 Å². The molecule has 0 spiro atoms. The van der Waals surface area contributed by atoms with Gasteiger partial charge in [-0.3, -0.25) is 0 Å². The van der Waals surface area contributed by atoms with Crippen LogP contribution in [0.4, 0.5) is 0 Å². The first-order valence-electron chi connectivity index (χ1n) is 3.95. The van der Waals surface area contributed by atoms with Crippen molar-refractivity contribution >= 4 is 0 Å². The van der Waals surface area contributed by atoms with E-state index < -0.39 is 6.10 Å². The molecule has 0 aliphatic rings. The monoisotopic (exact) mass is 206 g/mol. The molecular formula is C8H15ClN2O2.